The van der Waals surface area contributed by atoms with Gasteiger partial charge in [-0.15, -0.1) is 0 Å². The SMILES string of the molecule is CCC/C=C/C(=C/C[Si](C)(C)C)O[Si](C(C)C)(C(C)C)C(C)C. The van der Waals surface area contributed by atoms with Crippen LogP contribution < -0.4 is 0 Å². The molecule has 0 radical (unpaired) electrons. The van der Waals surface area contributed by atoms with Gasteiger partial charge in [0, 0.05) is 8.07 Å². The molecule has 0 aliphatic rings. The fourth-order valence-electron chi connectivity index (χ4n) is 3.47. The summed E-state index contributed by atoms with van der Waals surface area (Å²) in [5, 5.41) is 0. The average molecular weight is 355 g/mol. The van der Waals surface area contributed by atoms with E-state index in [1.54, 1.807) is 0 Å². The summed E-state index contributed by atoms with van der Waals surface area (Å²) < 4.78 is 6.90. The summed E-state index contributed by atoms with van der Waals surface area (Å²) in [6.07, 6.45) is 9.24. The first-order valence-electron chi connectivity index (χ1n) is 9.53. The average Bonchev–Trinajstić information content (AvgIpc) is 2.39. The van der Waals surface area contributed by atoms with Crippen molar-refractivity contribution in [1.82, 2.24) is 0 Å². The smallest absolute Gasteiger partial charge is 0.258 e. The molecular formula is C20H42OSi2. The Morgan fingerprint density at radius 3 is 1.74 bits per heavy atom. The summed E-state index contributed by atoms with van der Waals surface area (Å²) in [5.74, 6) is 1.14. The van der Waals surface area contributed by atoms with Crippen molar-refractivity contribution < 1.29 is 4.43 Å². The molecule has 0 saturated heterocycles. The van der Waals surface area contributed by atoms with Gasteiger partial charge in [-0.1, -0.05) is 80.6 Å². The lowest BCUT2D eigenvalue weighted by Crippen LogP contribution is -2.47. The van der Waals surface area contributed by atoms with Crippen molar-refractivity contribution in [3.63, 3.8) is 0 Å². The van der Waals surface area contributed by atoms with Gasteiger partial charge in [0.2, 0.25) is 0 Å². The van der Waals surface area contributed by atoms with Crippen LogP contribution in [0.25, 0.3) is 0 Å². The molecule has 0 aromatic rings. The third-order valence-corrected chi connectivity index (χ3v) is 12.1. The van der Waals surface area contributed by atoms with E-state index in [9.17, 15) is 0 Å². The summed E-state index contributed by atoms with van der Waals surface area (Å²) in [6, 6.07) is 1.19. The van der Waals surface area contributed by atoms with Crippen LogP contribution in [0, 0.1) is 0 Å². The van der Waals surface area contributed by atoms with Gasteiger partial charge < -0.3 is 4.43 Å². The molecule has 0 amide bonds. The largest absolute Gasteiger partial charge is 0.543 e. The van der Waals surface area contributed by atoms with Crippen molar-refractivity contribution in [3.05, 3.63) is 24.0 Å². The molecule has 0 spiro atoms. The number of allylic oxidation sites excluding steroid dienone is 3. The summed E-state index contributed by atoms with van der Waals surface area (Å²) in [4.78, 5) is 0. The van der Waals surface area contributed by atoms with Gasteiger partial charge in [0.1, 0.15) is 0 Å². The third kappa shape index (κ3) is 7.42. The van der Waals surface area contributed by atoms with Crippen LogP contribution in [0.2, 0.25) is 42.3 Å². The Morgan fingerprint density at radius 1 is 0.913 bits per heavy atom. The van der Waals surface area contributed by atoms with Gasteiger partial charge in [0.05, 0.1) is 5.76 Å². The summed E-state index contributed by atoms with van der Waals surface area (Å²) in [5.41, 5.74) is 1.87. The van der Waals surface area contributed by atoms with Crippen LogP contribution in [-0.2, 0) is 4.43 Å². The summed E-state index contributed by atoms with van der Waals surface area (Å²) >= 11 is 0. The Morgan fingerprint density at radius 2 is 1.39 bits per heavy atom. The van der Waals surface area contributed by atoms with E-state index >= 15 is 0 Å². The highest BCUT2D eigenvalue weighted by Crippen LogP contribution is 2.43. The second-order valence-corrected chi connectivity index (χ2v) is 19.9. The van der Waals surface area contributed by atoms with E-state index in [-0.39, 0.29) is 0 Å². The minimum atomic E-state index is -1.85. The number of unbranched alkanes of at least 4 members (excludes halogenated alkanes) is 1. The first-order chi connectivity index (χ1) is 10.5. The lowest BCUT2D eigenvalue weighted by atomic mass is 10.3. The van der Waals surface area contributed by atoms with Crippen LogP contribution >= 0.6 is 0 Å². The van der Waals surface area contributed by atoms with Crippen LogP contribution in [0.5, 0.6) is 0 Å². The molecule has 0 bridgehead atoms. The van der Waals surface area contributed by atoms with E-state index < -0.39 is 16.4 Å². The number of hydrogen-bond acceptors (Lipinski definition) is 1. The van der Waals surface area contributed by atoms with Crippen LogP contribution in [-0.4, -0.2) is 16.4 Å². The van der Waals surface area contributed by atoms with Crippen molar-refractivity contribution in [2.24, 2.45) is 0 Å². The molecule has 0 aliphatic heterocycles. The Bertz CT molecular complexity index is 365. The zero-order valence-electron chi connectivity index (χ0n) is 17.5. The molecule has 3 heteroatoms. The van der Waals surface area contributed by atoms with Crippen molar-refractivity contribution in [2.45, 2.75) is 104 Å². The standard InChI is InChI=1S/C20H42OSi2/c1-11-12-13-14-20(15-16-22(8,9)10)21-23(17(2)3,18(4)5)19(6)7/h13-15,17-19H,11-12,16H2,1-10H3/b14-13+,20-15-. The maximum absolute atomic E-state index is 6.90. The predicted molar refractivity (Wildman–Crippen MR) is 112 cm³/mol. The lowest BCUT2D eigenvalue weighted by molar-refractivity contribution is 0.385. The molecule has 23 heavy (non-hydrogen) atoms. The van der Waals surface area contributed by atoms with E-state index in [0.717, 1.165) is 12.2 Å². The first-order valence-corrected chi connectivity index (χ1v) is 15.4. The van der Waals surface area contributed by atoms with Crippen molar-refractivity contribution in [1.29, 1.82) is 0 Å². The highest BCUT2D eigenvalue weighted by molar-refractivity contribution is 6.78. The van der Waals surface area contributed by atoms with Crippen LogP contribution in [0.4, 0.5) is 0 Å². The minimum absolute atomic E-state index is 0.623. The molecule has 0 atom stereocenters. The van der Waals surface area contributed by atoms with Gasteiger partial charge in [-0.05, 0) is 41.2 Å². The maximum atomic E-state index is 6.90. The third-order valence-electron chi connectivity index (χ3n) is 4.65. The maximum Gasteiger partial charge on any atom is 0.258 e. The van der Waals surface area contributed by atoms with Crippen LogP contribution in [0.3, 0.4) is 0 Å². The van der Waals surface area contributed by atoms with E-state index in [1.807, 2.05) is 0 Å². The van der Waals surface area contributed by atoms with Gasteiger partial charge >= 0.3 is 0 Å². The highest BCUT2D eigenvalue weighted by Gasteiger charge is 2.47. The number of rotatable bonds is 10. The molecule has 0 aliphatic carbocycles. The Kier molecular flexibility index (Phi) is 9.75. The van der Waals surface area contributed by atoms with E-state index in [4.69, 9.17) is 4.43 Å². The van der Waals surface area contributed by atoms with E-state index in [0.29, 0.717) is 16.6 Å². The lowest BCUT2D eigenvalue weighted by Gasteiger charge is -2.42. The second kappa shape index (κ2) is 9.88. The van der Waals surface area contributed by atoms with Gasteiger partial charge in [-0.25, -0.2) is 0 Å². The van der Waals surface area contributed by atoms with Gasteiger partial charge in [-0.2, -0.15) is 0 Å². The Hall–Kier alpha value is -0.286. The monoisotopic (exact) mass is 354 g/mol. The summed E-state index contributed by atoms with van der Waals surface area (Å²) in [6.45, 7) is 23.7. The molecule has 0 unspecified atom stereocenters. The fourth-order valence-corrected chi connectivity index (χ4v) is 9.55. The topological polar surface area (TPSA) is 9.23 Å². The van der Waals surface area contributed by atoms with Gasteiger partial charge in [-0.3, -0.25) is 0 Å². The minimum Gasteiger partial charge on any atom is -0.543 e. The molecule has 0 N–H and O–H groups in total. The van der Waals surface area contributed by atoms with Crippen LogP contribution in [0.1, 0.15) is 61.3 Å². The molecule has 0 fully saturated rings. The molecular weight excluding hydrogens is 312 g/mol. The summed E-state index contributed by atoms with van der Waals surface area (Å²) in [7, 11) is -2.95. The molecule has 0 heterocycles. The van der Waals surface area contributed by atoms with Crippen molar-refractivity contribution >= 4 is 16.4 Å². The number of hydrogen-bond donors (Lipinski definition) is 0. The normalized spacial score (nSPS) is 14.6. The Balaban J connectivity index is 5.60. The molecule has 0 rings (SSSR count). The predicted octanol–water partition coefficient (Wildman–Crippen LogP) is 7.76. The van der Waals surface area contributed by atoms with Gasteiger partial charge in [0.15, 0.2) is 0 Å². The van der Waals surface area contributed by atoms with Crippen molar-refractivity contribution in [2.75, 3.05) is 0 Å². The Labute approximate surface area is 148 Å². The first kappa shape index (κ1) is 22.7. The van der Waals surface area contributed by atoms with E-state index in [1.165, 1.54) is 12.5 Å². The van der Waals surface area contributed by atoms with Gasteiger partial charge in [0.25, 0.3) is 8.32 Å². The fraction of sp³-hybridized carbons (Fsp3) is 0.800. The van der Waals surface area contributed by atoms with E-state index in [2.05, 4.69) is 86.3 Å². The quantitative estimate of drug-likeness (QED) is 0.221. The molecule has 0 aromatic carbocycles. The zero-order valence-corrected chi connectivity index (χ0v) is 19.5. The molecule has 0 aromatic heterocycles. The highest BCUT2D eigenvalue weighted by atomic mass is 28.4. The molecule has 136 valence electrons. The second-order valence-electron chi connectivity index (χ2n) is 8.98. The molecule has 1 nitrogen and oxygen atoms in total. The van der Waals surface area contributed by atoms with Crippen LogP contribution in [0.15, 0.2) is 24.0 Å². The zero-order chi connectivity index (χ0) is 18.3. The molecule has 0 saturated carbocycles. The van der Waals surface area contributed by atoms with Crippen molar-refractivity contribution in [3.8, 4) is 0 Å².